The molecule has 184 valence electrons. The van der Waals surface area contributed by atoms with Crippen molar-refractivity contribution < 1.29 is 13.9 Å². The third-order valence-electron chi connectivity index (χ3n) is 7.09. The van der Waals surface area contributed by atoms with Crippen molar-refractivity contribution in [3.63, 3.8) is 0 Å². The highest BCUT2D eigenvalue weighted by Crippen LogP contribution is 2.47. The van der Waals surface area contributed by atoms with Crippen LogP contribution in [0, 0.1) is 5.82 Å². The van der Waals surface area contributed by atoms with E-state index in [1.165, 1.54) is 11.8 Å². The number of ether oxygens (including phenoxy) is 1. The molecule has 7 nitrogen and oxygen atoms in total. The minimum Gasteiger partial charge on any atom is -0.444 e. The number of hydrogen-bond acceptors (Lipinski definition) is 7. The average molecular weight is 508 g/mol. The Labute approximate surface area is 208 Å². The molecule has 2 fully saturated rings. The molecule has 4 atom stereocenters. The van der Waals surface area contributed by atoms with Crippen molar-refractivity contribution in [3.05, 3.63) is 16.7 Å². The molecule has 0 aliphatic carbocycles. The summed E-state index contributed by atoms with van der Waals surface area (Å²) in [6.07, 6.45) is 3.17. The van der Waals surface area contributed by atoms with Gasteiger partial charge in [-0.15, -0.1) is 0 Å². The number of aromatic nitrogens is 3. The smallest absolute Gasteiger partial charge is 0.410 e. The number of amides is 1. The van der Waals surface area contributed by atoms with Crippen LogP contribution in [0.2, 0.25) is 5.15 Å². The van der Waals surface area contributed by atoms with E-state index >= 15 is 4.39 Å². The van der Waals surface area contributed by atoms with E-state index in [9.17, 15) is 4.79 Å². The molecule has 0 unspecified atom stereocenters. The van der Waals surface area contributed by atoms with Gasteiger partial charge in [0, 0.05) is 12.5 Å². The van der Waals surface area contributed by atoms with E-state index in [0.29, 0.717) is 17.1 Å². The Kier molecular flexibility index (Phi) is 6.07. The summed E-state index contributed by atoms with van der Waals surface area (Å²) in [6, 6.07) is 0.0598. The number of piperazine rings is 1. The number of fused-ring (bicyclic) bond motifs is 5. The van der Waals surface area contributed by atoms with E-state index in [0.717, 1.165) is 42.9 Å². The maximum atomic E-state index is 15.2. The lowest BCUT2D eigenvalue weighted by Gasteiger charge is -2.47. The number of hydrogen-bond donors (Lipinski definition) is 0. The predicted molar refractivity (Wildman–Crippen MR) is 132 cm³/mol. The van der Waals surface area contributed by atoms with Crippen LogP contribution in [-0.2, 0) is 4.74 Å². The number of thioether (sulfide) groups is 1. The third kappa shape index (κ3) is 3.88. The van der Waals surface area contributed by atoms with Gasteiger partial charge >= 0.3 is 6.09 Å². The van der Waals surface area contributed by atoms with Crippen molar-refractivity contribution in [2.75, 3.05) is 17.2 Å². The second kappa shape index (κ2) is 8.66. The van der Waals surface area contributed by atoms with Gasteiger partial charge in [-0.3, -0.25) is 4.90 Å². The van der Waals surface area contributed by atoms with Crippen molar-refractivity contribution in [3.8, 4) is 0 Å². The van der Waals surface area contributed by atoms with Gasteiger partial charge in [0.25, 0.3) is 0 Å². The molecule has 0 saturated carbocycles. The van der Waals surface area contributed by atoms with Gasteiger partial charge in [-0.2, -0.15) is 0 Å². The van der Waals surface area contributed by atoms with Gasteiger partial charge in [-0.25, -0.2) is 24.1 Å². The van der Waals surface area contributed by atoms with Crippen molar-refractivity contribution in [2.24, 2.45) is 0 Å². The topological polar surface area (TPSA) is 71.5 Å². The first kappa shape index (κ1) is 23.9. The number of pyridine rings is 1. The van der Waals surface area contributed by atoms with Crippen LogP contribution in [0.4, 0.5) is 15.0 Å². The lowest BCUT2D eigenvalue weighted by Crippen LogP contribution is -2.62. The van der Waals surface area contributed by atoms with Gasteiger partial charge in [0.05, 0.1) is 29.2 Å². The number of nitrogens with zero attached hydrogens (tertiary/aromatic N) is 5. The highest BCUT2D eigenvalue weighted by Gasteiger charge is 2.52. The highest BCUT2D eigenvalue weighted by molar-refractivity contribution is 7.99. The Morgan fingerprint density at radius 2 is 1.97 bits per heavy atom. The molecular weight excluding hydrogens is 477 g/mol. The van der Waals surface area contributed by atoms with Crippen LogP contribution in [0.1, 0.15) is 71.9 Å². The van der Waals surface area contributed by atoms with Crippen LogP contribution in [0.25, 0.3) is 10.9 Å². The summed E-state index contributed by atoms with van der Waals surface area (Å²) in [4.78, 5) is 31.4. The van der Waals surface area contributed by atoms with Crippen LogP contribution in [0.3, 0.4) is 0 Å². The summed E-state index contributed by atoms with van der Waals surface area (Å²) in [5.74, 6) is 0.961. The summed E-state index contributed by atoms with van der Waals surface area (Å²) in [5, 5.41) is 1.06. The second-order valence-corrected chi connectivity index (χ2v) is 11.9. The molecule has 3 aliphatic heterocycles. The average Bonchev–Trinajstić information content (AvgIpc) is 3.03. The summed E-state index contributed by atoms with van der Waals surface area (Å²) >= 11 is 7.74. The second-order valence-electron chi connectivity index (χ2n) is 10.3. The lowest BCUT2D eigenvalue weighted by molar-refractivity contribution is 0.00686. The van der Waals surface area contributed by atoms with Crippen LogP contribution in [0.5, 0.6) is 0 Å². The zero-order valence-electron chi connectivity index (χ0n) is 20.3. The van der Waals surface area contributed by atoms with Gasteiger partial charge in [-0.05, 0) is 52.2 Å². The predicted octanol–water partition coefficient (Wildman–Crippen LogP) is 5.78. The van der Waals surface area contributed by atoms with Crippen LogP contribution in [-0.4, -0.2) is 62.0 Å². The van der Waals surface area contributed by atoms with E-state index in [-0.39, 0.29) is 40.8 Å². The fourth-order valence-corrected chi connectivity index (χ4v) is 6.50. The van der Waals surface area contributed by atoms with E-state index in [2.05, 4.69) is 21.8 Å². The molecule has 0 spiro atoms. The molecule has 2 saturated heterocycles. The Hall–Kier alpha value is -1.87. The number of anilines is 1. The van der Waals surface area contributed by atoms with Crippen LogP contribution >= 0.6 is 23.4 Å². The maximum Gasteiger partial charge on any atom is 0.410 e. The maximum absolute atomic E-state index is 15.2. The minimum atomic E-state index is -0.592. The highest BCUT2D eigenvalue weighted by atomic mass is 35.5. The Morgan fingerprint density at radius 1 is 1.21 bits per heavy atom. The molecule has 0 N–H and O–H groups in total. The molecule has 2 bridgehead atoms. The van der Waals surface area contributed by atoms with E-state index in [4.69, 9.17) is 21.3 Å². The Morgan fingerprint density at radius 3 is 2.65 bits per heavy atom. The standard InChI is InChI=1S/C24H31ClFN5O2S/c1-6-12-10-15-14-9-8-13(31(14)23(32)33-24(3,4)5)11-30(15)21-16-18(12)27-20(25)17(26)19(16)28-22(29-21)34-7-2/h12-15H,6-11H2,1-5H3/t12-,13-,14+,15-/m1/s1. The Balaban J connectivity index is 1.66. The molecule has 0 aromatic carbocycles. The number of carbonyl (C=O) groups is 1. The van der Waals surface area contributed by atoms with Crippen LogP contribution < -0.4 is 4.90 Å². The quantitative estimate of drug-likeness (QED) is 0.296. The van der Waals surface area contributed by atoms with E-state index in [1.807, 2.05) is 32.6 Å². The van der Waals surface area contributed by atoms with Gasteiger partial charge in [0.2, 0.25) is 0 Å². The minimum absolute atomic E-state index is 0.00424. The zero-order valence-corrected chi connectivity index (χ0v) is 21.8. The summed E-state index contributed by atoms with van der Waals surface area (Å²) in [6.45, 7) is 10.4. The Bertz CT molecular complexity index is 1140. The molecule has 2 aromatic heterocycles. The number of rotatable bonds is 3. The molecule has 5 rings (SSSR count). The fourth-order valence-electron chi connectivity index (χ4n) is 5.76. The zero-order chi connectivity index (χ0) is 24.4. The van der Waals surface area contributed by atoms with Gasteiger partial charge < -0.3 is 9.64 Å². The van der Waals surface area contributed by atoms with Crippen molar-refractivity contribution in [1.29, 1.82) is 0 Å². The third-order valence-corrected chi connectivity index (χ3v) is 8.07. The molecule has 34 heavy (non-hydrogen) atoms. The van der Waals surface area contributed by atoms with E-state index in [1.54, 1.807) is 0 Å². The SMILES string of the molecule is CCSc1nc2c3c(nc(Cl)c(F)c3n1)[C@H](CC)C[C@@H]1[C@@H]3CC[C@H](CN21)N3C(=O)OC(C)(C)C. The monoisotopic (exact) mass is 507 g/mol. The van der Waals surface area contributed by atoms with Gasteiger partial charge in [-0.1, -0.05) is 37.2 Å². The van der Waals surface area contributed by atoms with E-state index < -0.39 is 11.4 Å². The van der Waals surface area contributed by atoms with Crippen LogP contribution in [0.15, 0.2) is 5.16 Å². The summed E-state index contributed by atoms with van der Waals surface area (Å²) in [5.41, 5.74) is 0.459. The summed E-state index contributed by atoms with van der Waals surface area (Å²) < 4.78 is 21.0. The number of halogens is 2. The first-order valence-electron chi connectivity index (χ1n) is 12.1. The molecule has 10 heteroatoms. The normalized spacial score (nSPS) is 26.0. The molecule has 2 aromatic rings. The van der Waals surface area contributed by atoms with Crippen molar-refractivity contribution in [1.82, 2.24) is 19.9 Å². The number of carbonyl (C=O) groups excluding carboxylic acids is 1. The summed E-state index contributed by atoms with van der Waals surface area (Å²) in [7, 11) is 0. The molecule has 3 aliphatic rings. The van der Waals surface area contributed by atoms with Crippen molar-refractivity contribution in [2.45, 2.75) is 95.1 Å². The molecule has 1 amide bonds. The fraction of sp³-hybridized carbons (Fsp3) is 0.667. The van der Waals surface area contributed by atoms with Gasteiger partial charge in [0.15, 0.2) is 16.1 Å². The first-order chi connectivity index (χ1) is 16.1. The van der Waals surface area contributed by atoms with Gasteiger partial charge in [0.1, 0.15) is 16.9 Å². The largest absolute Gasteiger partial charge is 0.444 e. The van der Waals surface area contributed by atoms with Crippen molar-refractivity contribution >= 4 is 46.2 Å². The molecular formula is C24H31ClFN5O2S. The molecule has 0 radical (unpaired) electrons. The molecule has 5 heterocycles. The lowest BCUT2D eigenvalue weighted by atomic mass is 9.89. The first-order valence-corrected chi connectivity index (χ1v) is 13.5.